The Labute approximate surface area is 92.2 Å². The minimum Gasteiger partial charge on any atom is -0.478 e. The number of carbonyl (C=O) groups is 1. The Bertz CT molecular complexity index is 215. The highest BCUT2D eigenvalue weighted by Crippen LogP contribution is 2.00. The summed E-state index contributed by atoms with van der Waals surface area (Å²) in [7, 11) is 4.08. The van der Waals surface area contributed by atoms with Crippen molar-refractivity contribution in [1.29, 1.82) is 0 Å². The molecule has 0 aromatic carbocycles. The lowest BCUT2D eigenvalue weighted by molar-refractivity contribution is -0.131. The average Bonchev–Trinajstić information content (AvgIpc) is 2.10. The normalized spacial score (nSPS) is 14.0. The predicted molar refractivity (Wildman–Crippen MR) is 62.0 cm³/mol. The van der Waals surface area contributed by atoms with Crippen LogP contribution in [-0.2, 0) is 4.79 Å². The van der Waals surface area contributed by atoms with Gasteiger partial charge in [0.15, 0.2) is 0 Å². The predicted octanol–water partition coefficient (Wildman–Crippen LogP) is 0.899. The van der Waals surface area contributed by atoms with Crippen LogP contribution in [0.5, 0.6) is 0 Å². The van der Waals surface area contributed by atoms with E-state index in [1.54, 1.807) is 6.08 Å². The Balaban J connectivity index is 4.06. The Morgan fingerprint density at radius 3 is 2.47 bits per heavy atom. The van der Waals surface area contributed by atoms with Gasteiger partial charge < -0.3 is 10.0 Å². The molecular formula is C11H22N2O2. The first kappa shape index (κ1) is 14.1. The third kappa shape index (κ3) is 7.11. The largest absolute Gasteiger partial charge is 0.478 e. The van der Waals surface area contributed by atoms with Gasteiger partial charge in [-0.05, 0) is 27.6 Å². The molecule has 1 atom stereocenters. The molecule has 1 N–H and O–H groups in total. The van der Waals surface area contributed by atoms with Crippen molar-refractivity contribution >= 4 is 5.97 Å². The lowest BCUT2D eigenvalue weighted by atomic mass is 10.2. The maximum absolute atomic E-state index is 10.3. The van der Waals surface area contributed by atoms with E-state index < -0.39 is 5.97 Å². The van der Waals surface area contributed by atoms with Gasteiger partial charge in [0, 0.05) is 25.2 Å². The monoisotopic (exact) mass is 214 g/mol. The highest BCUT2D eigenvalue weighted by Gasteiger charge is 2.10. The highest BCUT2D eigenvalue weighted by atomic mass is 16.4. The topological polar surface area (TPSA) is 43.8 Å². The summed E-state index contributed by atoms with van der Waals surface area (Å²) in [6.45, 7) is 6.84. The fourth-order valence-corrected chi connectivity index (χ4v) is 1.55. The van der Waals surface area contributed by atoms with Gasteiger partial charge >= 0.3 is 5.97 Å². The molecule has 0 aliphatic rings. The van der Waals surface area contributed by atoms with Gasteiger partial charge in [-0.1, -0.05) is 13.0 Å². The quantitative estimate of drug-likeness (QED) is 0.639. The molecule has 0 amide bonds. The average molecular weight is 214 g/mol. The van der Waals surface area contributed by atoms with Crippen molar-refractivity contribution in [2.24, 2.45) is 0 Å². The van der Waals surface area contributed by atoms with Crippen molar-refractivity contribution < 1.29 is 9.90 Å². The molecule has 0 heterocycles. The number of carboxylic acids is 1. The molecule has 0 saturated carbocycles. The number of nitrogens with zero attached hydrogens (tertiary/aromatic N) is 2. The van der Waals surface area contributed by atoms with Crippen molar-refractivity contribution in [1.82, 2.24) is 9.80 Å². The third-order valence-corrected chi connectivity index (χ3v) is 2.26. The summed E-state index contributed by atoms with van der Waals surface area (Å²) in [5.41, 5.74) is 0. The maximum atomic E-state index is 10.3. The summed E-state index contributed by atoms with van der Waals surface area (Å²) in [4.78, 5) is 14.7. The molecule has 0 spiro atoms. The lowest BCUT2D eigenvalue weighted by Crippen LogP contribution is -2.40. The Hall–Kier alpha value is -0.870. The molecule has 88 valence electrons. The van der Waals surface area contributed by atoms with E-state index in [0.717, 1.165) is 13.1 Å². The second-order valence-electron chi connectivity index (χ2n) is 3.94. The van der Waals surface area contributed by atoms with Crippen molar-refractivity contribution in [2.45, 2.75) is 19.9 Å². The molecule has 4 nitrogen and oxygen atoms in total. The number of aliphatic carboxylic acids is 1. The van der Waals surface area contributed by atoms with Gasteiger partial charge in [0.2, 0.25) is 0 Å². The van der Waals surface area contributed by atoms with Gasteiger partial charge in [-0.3, -0.25) is 4.90 Å². The molecule has 0 radical (unpaired) electrons. The molecule has 0 fully saturated rings. The molecule has 0 aromatic rings. The maximum Gasteiger partial charge on any atom is 0.328 e. The highest BCUT2D eigenvalue weighted by molar-refractivity contribution is 5.79. The zero-order chi connectivity index (χ0) is 11.8. The van der Waals surface area contributed by atoms with Gasteiger partial charge in [-0.2, -0.15) is 0 Å². The van der Waals surface area contributed by atoms with Crippen LogP contribution in [0.2, 0.25) is 0 Å². The first-order chi connectivity index (χ1) is 6.97. The van der Waals surface area contributed by atoms with E-state index in [4.69, 9.17) is 5.11 Å². The summed E-state index contributed by atoms with van der Waals surface area (Å²) < 4.78 is 0. The van der Waals surface area contributed by atoms with Crippen LogP contribution in [0.4, 0.5) is 0 Å². The fourth-order valence-electron chi connectivity index (χ4n) is 1.55. The fraction of sp³-hybridized carbons (Fsp3) is 0.727. The summed E-state index contributed by atoms with van der Waals surface area (Å²) in [5, 5.41) is 8.47. The Kier molecular flexibility index (Phi) is 6.99. The number of rotatable bonds is 7. The van der Waals surface area contributed by atoms with Crippen molar-refractivity contribution in [3.8, 4) is 0 Å². The van der Waals surface area contributed by atoms with Gasteiger partial charge in [0.1, 0.15) is 0 Å². The van der Waals surface area contributed by atoms with Crippen LogP contribution < -0.4 is 0 Å². The van der Waals surface area contributed by atoms with E-state index in [-0.39, 0.29) is 0 Å². The second kappa shape index (κ2) is 7.43. The van der Waals surface area contributed by atoms with Gasteiger partial charge in [-0.15, -0.1) is 0 Å². The smallest absolute Gasteiger partial charge is 0.328 e. The van der Waals surface area contributed by atoms with Gasteiger partial charge in [-0.25, -0.2) is 4.79 Å². The zero-order valence-electron chi connectivity index (χ0n) is 10.1. The van der Waals surface area contributed by atoms with E-state index in [0.29, 0.717) is 12.6 Å². The number of carboxylic acid groups (broad SMARTS) is 1. The molecule has 0 rings (SSSR count). The molecular weight excluding hydrogens is 192 g/mol. The molecule has 4 heteroatoms. The minimum atomic E-state index is -0.883. The van der Waals surface area contributed by atoms with E-state index >= 15 is 0 Å². The summed E-state index contributed by atoms with van der Waals surface area (Å²) in [5.74, 6) is -0.883. The molecule has 0 bridgehead atoms. The molecule has 0 aromatic heterocycles. The van der Waals surface area contributed by atoms with Crippen LogP contribution in [0, 0.1) is 0 Å². The second-order valence-corrected chi connectivity index (χ2v) is 3.94. The number of hydrogen-bond donors (Lipinski definition) is 1. The first-order valence-corrected chi connectivity index (χ1v) is 5.25. The van der Waals surface area contributed by atoms with E-state index in [2.05, 4.69) is 23.6 Å². The number of likely N-dealkylation sites (N-methyl/N-ethyl adjacent to an activating group) is 2. The van der Waals surface area contributed by atoms with Crippen molar-refractivity contribution in [3.05, 3.63) is 12.2 Å². The SMILES string of the molecule is CCN(C/C=C/C(=O)O)C(C)CN(C)C. The van der Waals surface area contributed by atoms with Gasteiger partial charge in [0.25, 0.3) is 0 Å². The van der Waals surface area contributed by atoms with Crippen molar-refractivity contribution in [2.75, 3.05) is 33.7 Å². The molecule has 0 saturated heterocycles. The van der Waals surface area contributed by atoms with E-state index in [1.165, 1.54) is 6.08 Å². The van der Waals surface area contributed by atoms with Crippen LogP contribution in [0.25, 0.3) is 0 Å². The summed E-state index contributed by atoms with van der Waals surface area (Å²) in [6, 6.07) is 0.434. The molecule has 1 unspecified atom stereocenters. The third-order valence-electron chi connectivity index (χ3n) is 2.26. The van der Waals surface area contributed by atoms with Crippen LogP contribution >= 0.6 is 0 Å². The summed E-state index contributed by atoms with van der Waals surface area (Å²) >= 11 is 0. The number of hydrogen-bond acceptors (Lipinski definition) is 3. The standard InChI is InChI=1S/C11H22N2O2/c1-5-13(8-6-7-11(14)15)10(2)9-12(3)4/h6-7,10H,5,8-9H2,1-4H3,(H,14,15)/b7-6+. The first-order valence-electron chi connectivity index (χ1n) is 5.25. The van der Waals surface area contributed by atoms with E-state index in [9.17, 15) is 4.79 Å². The van der Waals surface area contributed by atoms with E-state index in [1.807, 2.05) is 14.1 Å². The Morgan fingerprint density at radius 1 is 1.47 bits per heavy atom. The van der Waals surface area contributed by atoms with Crippen molar-refractivity contribution in [3.63, 3.8) is 0 Å². The summed E-state index contributed by atoms with van der Waals surface area (Å²) in [6.07, 6.45) is 2.89. The van der Waals surface area contributed by atoms with Crippen LogP contribution in [-0.4, -0.2) is 60.6 Å². The lowest BCUT2D eigenvalue weighted by Gasteiger charge is -2.28. The van der Waals surface area contributed by atoms with Crippen LogP contribution in [0.15, 0.2) is 12.2 Å². The van der Waals surface area contributed by atoms with Crippen LogP contribution in [0.1, 0.15) is 13.8 Å². The van der Waals surface area contributed by atoms with Gasteiger partial charge in [0.05, 0.1) is 0 Å². The molecule has 0 aliphatic heterocycles. The van der Waals surface area contributed by atoms with Crippen LogP contribution in [0.3, 0.4) is 0 Å². The Morgan fingerprint density at radius 2 is 2.07 bits per heavy atom. The molecule has 0 aliphatic carbocycles. The molecule has 15 heavy (non-hydrogen) atoms. The zero-order valence-corrected chi connectivity index (χ0v) is 10.1. The minimum absolute atomic E-state index is 0.434.